The number of nitrogens with one attached hydrogen (secondary N) is 1. The third-order valence-electron chi connectivity index (χ3n) is 4.81. The number of sulfone groups is 1. The Balaban J connectivity index is 1.68. The molecule has 1 saturated heterocycles. The Kier molecular flexibility index (Phi) is 5.85. The number of hydrogen-bond acceptors (Lipinski definition) is 3. The maximum atomic E-state index is 12.6. The second-order valence-corrected chi connectivity index (χ2v) is 9.61. The molecule has 0 aromatic heterocycles. The molecular weight excluding hydrogens is 360 g/mol. The maximum Gasteiger partial charge on any atom is 0.321 e. The number of likely N-dealkylation sites (tertiary alicyclic amines) is 1. The van der Waals surface area contributed by atoms with E-state index in [-0.39, 0.29) is 17.7 Å². The van der Waals surface area contributed by atoms with Crippen molar-refractivity contribution < 1.29 is 13.2 Å². The van der Waals surface area contributed by atoms with Crippen molar-refractivity contribution in [2.45, 2.75) is 19.8 Å². The molecular formula is C21H26N2O3S. The van der Waals surface area contributed by atoms with Crippen LogP contribution in [-0.2, 0) is 9.84 Å². The first-order valence-corrected chi connectivity index (χ1v) is 11.3. The van der Waals surface area contributed by atoms with Crippen LogP contribution in [0.5, 0.6) is 0 Å². The van der Waals surface area contributed by atoms with Gasteiger partial charge in [0, 0.05) is 25.0 Å². The number of nitrogens with zero attached hydrogens (tertiary/aromatic N) is 1. The summed E-state index contributed by atoms with van der Waals surface area (Å²) in [7, 11) is -3.03. The number of piperidine rings is 1. The van der Waals surface area contributed by atoms with Gasteiger partial charge in [0.2, 0.25) is 0 Å². The molecule has 144 valence electrons. The summed E-state index contributed by atoms with van der Waals surface area (Å²) in [4.78, 5) is 14.4. The van der Waals surface area contributed by atoms with Gasteiger partial charge in [-0.1, -0.05) is 42.0 Å². The number of rotatable bonds is 4. The van der Waals surface area contributed by atoms with Crippen LogP contribution in [0.3, 0.4) is 0 Å². The Bertz CT molecular complexity index is 925. The molecule has 27 heavy (non-hydrogen) atoms. The fraction of sp³-hybridized carbons (Fsp3) is 0.381. The van der Waals surface area contributed by atoms with Crippen LogP contribution in [0.2, 0.25) is 0 Å². The van der Waals surface area contributed by atoms with Gasteiger partial charge in [0.05, 0.1) is 5.75 Å². The summed E-state index contributed by atoms with van der Waals surface area (Å²) in [5.74, 6) is 0.151. The summed E-state index contributed by atoms with van der Waals surface area (Å²) in [5, 5.41) is 2.96. The zero-order chi connectivity index (χ0) is 19.4. The minimum atomic E-state index is -3.03. The Labute approximate surface area is 161 Å². The molecule has 0 saturated carbocycles. The van der Waals surface area contributed by atoms with Crippen molar-refractivity contribution in [3.05, 3.63) is 54.1 Å². The van der Waals surface area contributed by atoms with Gasteiger partial charge in [-0.25, -0.2) is 13.2 Å². The molecule has 0 aliphatic carbocycles. The number of carbonyl (C=O) groups is 1. The van der Waals surface area contributed by atoms with E-state index in [1.54, 1.807) is 4.90 Å². The fourth-order valence-electron chi connectivity index (χ4n) is 3.62. The van der Waals surface area contributed by atoms with Gasteiger partial charge in [-0.15, -0.1) is 0 Å². The SMILES string of the molecule is Cc1cccc(-c2cccc(NC(=O)N3CCC[C@@H](CS(C)(=O)=O)C3)c2)c1. The van der Waals surface area contributed by atoms with Crippen LogP contribution in [0.25, 0.3) is 11.1 Å². The van der Waals surface area contributed by atoms with Crippen LogP contribution in [0.15, 0.2) is 48.5 Å². The summed E-state index contributed by atoms with van der Waals surface area (Å²) in [5.41, 5.74) is 4.08. The van der Waals surface area contributed by atoms with Crippen molar-refractivity contribution in [3.63, 3.8) is 0 Å². The smallest absolute Gasteiger partial charge is 0.321 e. The molecule has 1 aliphatic rings. The first-order valence-electron chi connectivity index (χ1n) is 9.21. The van der Waals surface area contributed by atoms with Crippen LogP contribution < -0.4 is 5.32 Å². The number of anilines is 1. The Morgan fingerprint density at radius 2 is 1.85 bits per heavy atom. The number of aryl methyl sites for hydroxylation is 1. The highest BCUT2D eigenvalue weighted by Crippen LogP contribution is 2.24. The summed E-state index contributed by atoms with van der Waals surface area (Å²) >= 11 is 0. The predicted octanol–water partition coefficient (Wildman–Crippen LogP) is 3.95. The van der Waals surface area contributed by atoms with Gasteiger partial charge in [0.15, 0.2) is 0 Å². The van der Waals surface area contributed by atoms with E-state index in [2.05, 4.69) is 24.4 Å². The van der Waals surface area contributed by atoms with Gasteiger partial charge in [0.1, 0.15) is 9.84 Å². The first kappa shape index (κ1) is 19.4. The molecule has 2 aromatic carbocycles. The van der Waals surface area contributed by atoms with E-state index in [1.165, 1.54) is 11.8 Å². The second kappa shape index (κ2) is 8.13. The quantitative estimate of drug-likeness (QED) is 0.865. The molecule has 1 N–H and O–H groups in total. The average molecular weight is 387 g/mol. The van der Waals surface area contributed by atoms with Crippen LogP contribution in [0.1, 0.15) is 18.4 Å². The van der Waals surface area contributed by atoms with E-state index in [1.807, 2.05) is 36.4 Å². The van der Waals surface area contributed by atoms with Gasteiger partial charge in [-0.3, -0.25) is 0 Å². The molecule has 2 amide bonds. The van der Waals surface area contributed by atoms with E-state index in [0.717, 1.165) is 29.7 Å². The molecule has 1 fully saturated rings. The van der Waals surface area contributed by atoms with Crippen LogP contribution in [-0.4, -0.2) is 44.4 Å². The molecule has 3 rings (SSSR count). The predicted molar refractivity (Wildman–Crippen MR) is 110 cm³/mol. The Morgan fingerprint density at radius 1 is 1.15 bits per heavy atom. The van der Waals surface area contributed by atoms with Crippen molar-refractivity contribution in [2.75, 3.05) is 30.4 Å². The molecule has 0 spiro atoms. The minimum absolute atomic E-state index is 0.0122. The summed E-state index contributed by atoms with van der Waals surface area (Å²) < 4.78 is 23.1. The highest BCUT2D eigenvalue weighted by Gasteiger charge is 2.26. The molecule has 1 aliphatic heterocycles. The standard InChI is InChI=1S/C21H26N2O3S/c1-16-6-3-8-18(12-16)19-9-4-10-20(13-19)22-21(24)23-11-5-7-17(14-23)15-27(2,25)26/h3-4,6,8-10,12-13,17H,5,7,11,14-15H2,1-2H3,(H,22,24)/t17-/m1/s1. The number of amides is 2. The van der Waals surface area contributed by atoms with E-state index < -0.39 is 9.84 Å². The molecule has 1 heterocycles. The molecule has 0 radical (unpaired) electrons. The van der Waals surface area contributed by atoms with Gasteiger partial charge < -0.3 is 10.2 Å². The molecule has 0 bridgehead atoms. The molecule has 1 atom stereocenters. The summed E-state index contributed by atoms with van der Waals surface area (Å²) in [6, 6.07) is 15.8. The van der Waals surface area contributed by atoms with Gasteiger partial charge in [-0.2, -0.15) is 0 Å². The minimum Gasteiger partial charge on any atom is -0.324 e. The first-order chi connectivity index (χ1) is 12.8. The number of urea groups is 1. The van der Waals surface area contributed by atoms with Crippen molar-refractivity contribution in [1.82, 2.24) is 4.90 Å². The summed E-state index contributed by atoms with van der Waals surface area (Å²) in [6.07, 6.45) is 2.93. The maximum absolute atomic E-state index is 12.6. The fourth-order valence-corrected chi connectivity index (χ4v) is 4.75. The van der Waals surface area contributed by atoms with Gasteiger partial charge in [-0.05, 0) is 48.9 Å². The van der Waals surface area contributed by atoms with E-state index >= 15 is 0 Å². The zero-order valence-electron chi connectivity index (χ0n) is 15.8. The monoisotopic (exact) mass is 386 g/mol. The van der Waals surface area contributed by atoms with E-state index in [0.29, 0.717) is 13.1 Å². The normalized spacial score (nSPS) is 17.6. The number of carbonyl (C=O) groups excluding carboxylic acids is 1. The number of hydrogen-bond donors (Lipinski definition) is 1. The zero-order valence-corrected chi connectivity index (χ0v) is 16.6. The topological polar surface area (TPSA) is 66.5 Å². The molecule has 5 nitrogen and oxygen atoms in total. The average Bonchev–Trinajstić information content (AvgIpc) is 2.61. The number of benzene rings is 2. The lowest BCUT2D eigenvalue weighted by molar-refractivity contribution is 0.183. The van der Waals surface area contributed by atoms with Crippen LogP contribution in [0, 0.1) is 12.8 Å². The third-order valence-corrected chi connectivity index (χ3v) is 5.89. The van der Waals surface area contributed by atoms with Crippen molar-refractivity contribution >= 4 is 21.6 Å². The lowest BCUT2D eigenvalue weighted by atomic mass is 10.0. The lowest BCUT2D eigenvalue weighted by Gasteiger charge is -2.32. The van der Waals surface area contributed by atoms with Crippen molar-refractivity contribution in [2.24, 2.45) is 5.92 Å². The third kappa shape index (κ3) is 5.57. The van der Waals surface area contributed by atoms with E-state index in [4.69, 9.17) is 0 Å². The molecule has 6 heteroatoms. The highest BCUT2D eigenvalue weighted by atomic mass is 32.2. The summed E-state index contributed by atoms with van der Waals surface area (Å²) in [6.45, 7) is 3.19. The second-order valence-electron chi connectivity index (χ2n) is 7.43. The van der Waals surface area contributed by atoms with Crippen molar-refractivity contribution in [3.8, 4) is 11.1 Å². The highest BCUT2D eigenvalue weighted by molar-refractivity contribution is 7.90. The molecule has 0 unspecified atom stereocenters. The van der Waals surface area contributed by atoms with E-state index in [9.17, 15) is 13.2 Å². The van der Waals surface area contributed by atoms with Crippen molar-refractivity contribution in [1.29, 1.82) is 0 Å². The van der Waals surface area contributed by atoms with Gasteiger partial charge >= 0.3 is 6.03 Å². The molecule has 2 aromatic rings. The Morgan fingerprint density at radius 3 is 2.56 bits per heavy atom. The van der Waals surface area contributed by atoms with Crippen LogP contribution in [0.4, 0.5) is 10.5 Å². The largest absolute Gasteiger partial charge is 0.324 e. The van der Waals surface area contributed by atoms with Crippen LogP contribution >= 0.6 is 0 Å². The Hall–Kier alpha value is -2.34. The van der Waals surface area contributed by atoms with Gasteiger partial charge in [0.25, 0.3) is 0 Å². The lowest BCUT2D eigenvalue weighted by Crippen LogP contribution is -2.43.